The number of aryl methyl sites for hydroxylation is 5. The average Bonchev–Trinajstić information content (AvgIpc) is 3.38. The molecule has 0 aliphatic carbocycles. The summed E-state index contributed by atoms with van der Waals surface area (Å²) >= 11 is 1.35. The molecule has 0 spiro atoms. The minimum absolute atomic E-state index is 0.0489. The van der Waals surface area contributed by atoms with E-state index in [1.54, 1.807) is 13.0 Å². The first-order valence-electron chi connectivity index (χ1n) is 11.5. The topological polar surface area (TPSA) is 105 Å². The molecule has 1 aromatic carbocycles. The maximum Gasteiger partial charge on any atom is 0.248 e. The lowest BCUT2D eigenvalue weighted by atomic mass is 9.99. The van der Waals surface area contributed by atoms with Gasteiger partial charge in [-0.15, -0.1) is 11.3 Å². The summed E-state index contributed by atoms with van der Waals surface area (Å²) in [6.07, 6.45) is 4.73. The van der Waals surface area contributed by atoms with E-state index in [4.69, 9.17) is 4.52 Å². The lowest BCUT2D eigenvalue weighted by Crippen LogP contribution is -2.43. The van der Waals surface area contributed by atoms with E-state index in [0.717, 1.165) is 22.4 Å². The molecule has 3 aromatic rings. The average molecular weight is 515 g/mol. The predicted octanol–water partition coefficient (Wildman–Crippen LogP) is 4.88. The second-order valence-corrected chi connectivity index (χ2v) is 11.8. The van der Waals surface area contributed by atoms with Crippen LogP contribution >= 0.6 is 11.3 Å². The number of nitrogens with zero attached hydrogens (tertiary/aromatic N) is 3. The monoisotopic (exact) mass is 514 g/mol. The lowest BCUT2D eigenvalue weighted by Gasteiger charge is -2.30. The van der Waals surface area contributed by atoms with Crippen LogP contribution in [-0.4, -0.2) is 41.9 Å². The Kier molecular flexibility index (Phi) is 7.25. The van der Waals surface area contributed by atoms with Crippen LogP contribution < -0.4 is 5.32 Å². The van der Waals surface area contributed by atoms with E-state index in [-0.39, 0.29) is 23.1 Å². The van der Waals surface area contributed by atoms with Crippen LogP contribution in [0.5, 0.6) is 0 Å². The van der Waals surface area contributed by atoms with Crippen molar-refractivity contribution >= 4 is 44.6 Å². The number of rotatable bonds is 6. The summed E-state index contributed by atoms with van der Waals surface area (Å²) in [5, 5.41) is 9.15. The summed E-state index contributed by atoms with van der Waals surface area (Å²) in [6.45, 7) is 10.0. The molecule has 35 heavy (non-hydrogen) atoms. The first-order valence-corrected chi connectivity index (χ1v) is 13.8. The molecular weight excluding hydrogens is 484 g/mol. The molecular formula is C25H30N4O4S2. The summed E-state index contributed by atoms with van der Waals surface area (Å²) in [6, 6.07) is 4.17. The van der Waals surface area contributed by atoms with Crippen LogP contribution in [0.15, 0.2) is 26.9 Å². The van der Waals surface area contributed by atoms with E-state index in [2.05, 4.69) is 27.6 Å². The minimum atomic E-state index is -3.91. The van der Waals surface area contributed by atoms with Crippen molar-refractivity contribution in [1.29, 1.82) is 0 Å². The van der Waals surface area contributed by atoms with Gasteiger partial charge in [0.1, 0.15) is 5.69 Å². The van der Waals surface area contributed by atoms with Gasteiger partial charge in [0.25, 0.3) is 0 Å². The molecule has 8 nitrogen and oxygen atoms in total. The second-order valence-electron chi connectivity index (χ2n) is 9.09. The van der Waals surface area contributed by atoms with Gasteiger partial charge in [-0.1, -0.05) is 28.9 Å². The van der Waals surface area contributed by atoms with Crippen LogP contribution in [0.1, 0.15) is 52.2 Å². The third kappa shape index (κ3) is 5.39. The fourth-order valence-electron chi connectivity index (χ4n) is 4.53. The van der Waals surface area contributed by atoms with E-state index in [1.165, 1.54) is 21.2 Å². The molecule has 1 saturated heterocycles. The van der Waals surface area contributed by atoms with Crippen LogP contribution in [0.4, 0.5) is 5.13 Å². The number of amides is 1. The number of hydrogen-bond donors (Lipinski definition) is 1. The first-order chi connectivity index (χ1) is 16.6. The Bertz CT molecular complexity index is 1370. The molecule has 4 rings (SSSR count). The minimum Gasteiger partial charge on any atom is -0.355 e. The highest BCUT2D eigenvalue weighted by Crippen LogP contribution is 2.30. The van der Waals surface area contributed by atoms with Gasteiger partial charge in [-0.3, -0.25) is 4.79 Å². The Morgan fingerprint density at radius 3 is 2.54 bits per heavy atom. The van der Waals surface area contributed by atoms with Gasteiger partial charge in [0.05, 0.1) is 11.6 Å². The Hall–Kier alpha value is -2.82. The quantitative estimate of drug-likeness (QED) is 0.502. The molecule has 2 aromatic heterocycles. The van der Waals surface area contributed by atoms with E-state index in [1.807, 2.05) is 39.2 Å². The van der Waals surface area contributed by atoms with Crippen LogP contribution in [0.2, 0.25) is 0 Å². The fourth-order valence-corrected chi connectivity index (χ4v) is 7.00. The SMILES string of the molecule is Cc1cc(C)c(/C=C/c2onc(C)c2S(=O)(=O)N2CCCC(C(=O)Nc3nc(C)cs3)C2)c(C)c1. The largest absolute Gasteiger partial charge is 0.355 e. The Morgan fingerprint density at radius 1 is 1.17 bits per heavy atom. The number of carbonyl (C=O) groups excluding carboxylic acids is 1. The Labute approximate surface area is 210 Å². The predicted molar refractivity (Wildman–Crippen MR) is 138 cm³/mol. The van der Waals surface area contributed by atoms with Crippen molar-refractivity contribution in [3.63, 3.8) is 0 Å². The van der Waals surface area contributed by atoms with Gasteiger partial charge in [-0.05, 0) is 70.2 Å². The van der Waals surface area contributed by atoms with Crippen molar-refractivity contribution in [2.24, 2.45) is 5.92 Å². The van der Waals surface area contributed by atoms with Crippen molar-refractivity contribution in [3.05, 3.63) is 56.9 Å². The molecule has 0 bridgehead atoms. The lowest BCUT2D eigenvalue weighted by molar-refractivity contribution is -0.120. The van der Waals surface area contributed by atoms with Gasteiger partial charge < -0.3 is 9.84 Å². The summed E-state index contributed by atoms with van der Waals surface area (Å²) < 4.78 is 34.1. The summed E-state index contributed by atoms with van der Waals surface area (Å²) in [5.41, 5.74) is 5.51. The summed E-state index contributed by atoms with van der Waals surface area (Å²) in [4.78, 5) is 17.1. The fraction of sp³-hybridized carbons (Fsp3) is 0.400. The zero-order chi connectivity index (χ0) is 25.3. The number of nitrogens with one attached hydrogen (secondary N) is 1. The number of hydrogen-bond acceptors (Lipinski definition) is 7. The van der Waals surface area contributed by atoms with E-state index < -0.39 is 15.9 Å². The number of carbonyl (C=O) groups is 1. The number of sulfonamides is 1. The molecule has 1 aliphatic rings. The van der Waals surface area contributed by atoms with Crippen molar-refractivity contribution in [1.82, 2.24) is 14.4 Å². The summed E-state index contributed by atoms with van der Waals surface area (Å²) in [7, 11) is -3.91. The number of thiazole rings is 1. The molecule has 186 valence electrons. The van der Waals surface area contributed by atoms with Crippen LogP contribution in [0.25, 0.3) is 12.2 Å². The third-order valence-corrected chi connectivity index (χ3v) is 9.07. The summed E-state index contributed by atoms with van der Waals surface area (Å²) in [5.74, 6) is -0.488. The van der Waals surface area contributed by atoms with Gasteiger partial charge >= 0.3 is 0 Å². The highest BCUT2D eigenvalue weighted by Gasteiger charge is 2.37. The van der Waals surface area contributed by atoms with Crippen molar-refractivity contribution in [3.8, 4) is 0 Å². The maximum absolute atomic E-state index is 13.7. The van der Waals surface area contributed by atoms with E-state index in [9.17, 15) is 13.2 Å². The van der Waals surface area contributed by atoms with Crippen LogP contribution in [-0.2, 0) is 14.8 Å². The van der Waals surface area contributed by atoms with Gasteiger partial charge in [0.2, 0.25) is 15.9 Å². The number of piperidine rings is 1. The molecule has 1 N–H and O–H groups in total. The van der Waals surface area contributed by atoms with Gasteiger partial charge in [0.15, 0.2) is 15.8 Å². The van der Waals surface area contributed by atoms with Gasteiger partial charge in [-0.25, -0.2) is 13.4 Å². The molecule has 1 aliphatic heterocycles. The molecule has 0 radical (unpaired) electrons. The molecule has 0 saturated carbocycles. The van der Waals surface area contributed by atoms with Gasteiger partial charge in [0, 0.05) is 18.5 Å². The Morgan fingerprint density at radius 2 is 1.89 bits per heavy atom. The van der Waals surface area contributed by atoms with Crippen LogP contribution in [0.3, 0.4) is 0 Å². The standard InChI is InChI=1S/C25H30N4O4S2/c1-15-11-16(2)21(17(3)12-15)8-9-22-23(19(5)28-33-22)35(31,32)29-10-6-7-20(13-29)24(30)27-25-26-18(4)14-34-25/h8-9,11-12,14,20H,6-7,10,13H2,1-5H3,(H,26,27,30)/b9-8+. The van der Waals surface area contributed by atoms with Crippen molar-refractivity contribution in [2.75, 3.05) is 18.4 Å². The number of aromatic nitrogens is 2. The van der Waals surface area contributed by atoms with Crippen molar-refractivity contribution in [2.45, 2.75) is 52.4 Å². The van der Waals surface area contributed by atoms with Gasteiger partial charge in [-0.2, -0.15) is 4.31 Å². The molecule has 1 unspecified atom stereocenters. The molecule has 3 heterocycles. The van der Waals surface area contributed by atoms with E-state index >= 15 is 0 Å². The highest BCUT2D eigenvalue weighted by atomic mass is 32.2. The van der Waals surface area contributed by atoms with Crippen LogP contribution in [0, 0.1) is 40.5 Å². The van der Waals surface area contributed by atoms with Crippen molar-refractivity contribution < 1.29 is 17.7 Å². The highest BCUT2D eigenvalue weighted by molar-refractivity contribution is 7.89. The molecule has 1 atom stereocenters. The Balaban J connectivity index is 1.57. The first kappa shape index (κ1) is 25.3. The zero-order valence-electron chi connectivity index (χ0n) is 20.6. The third-order valence-electron chi connectivity index (χ3n) is 6.17. The zero-order valence-corrected chi connectivity index (χ0v) is 22.2. The molecule has 1 fully saturated rings. The molecule has 10 heteroatoms. The smallest absolute Gasteiger partial charge is 0.248 e. The van der Waals surface area contributed by atoms with E-state index in [0.29, 0.717) is 30.2 Å². The normalized spacial score (nSPS) is 17.2. The maximum atomic E-state index is 13.7. The number of benzene rings is 1. The molecule has 1 amide bonds. The second kappa shape index (κ2) is 10.0. The number of anilines is 1.